The molecule has 17 heavy (non-hydrogen) atoms. The summed E-state index contributed by atoms with van der Waals surface area (Å²) in [5, 5.41) is 0. The molecule has 0 bridgehead atoms. The number of carbonyl (C=O) groups excluding carboxylic acids is 2. The van der Waals surface area contributed by atoms with E-state index in [1.54, 1.807) is 13.0 Å². The van der Waals surface area contributed by atoms with Gasteiger partial charge < -0.3 is 14.1 Å². The molecule has 1 heterocycles. The normalized spacial score (nSPS) is 10.4. The van der Waals surface area contributed by atoms with Gasteiger partial charge in [0.15, 0.2) is 0 Å². The number of aryl methyl sites for hydroxylation is 1. The Bertz CT molecular complexity index is 408. The second-order valence-electron chi connectivity index (χ2n) is 3.99. The first kappa shape index (κ1) is 13.3. The maximum absolute atomic E-state index is 12.2. The second kappa shape index (κ2) is 5.52. The highest BCUT2D eigenvalue weighted by Gasteiger charge is 2.24. The number of amides is 1. The SMILES string of the molecule is COC(=O)CN(C(=O)c1ccoc1C)C(C)C. The van der Waals surface area contributed by atoms with Gasteiger partial charge in [-0.15, -0.1) is 0 Å². The maximum Gasteiger partial charge on any atom is 0.325 e. The van der Waals surface area contributed by atoms with Crippen LogP contribution in [0.25, 0.3) is 0 Å². The minimum Gasteiger partial charge on any atom is -0.469 e. The molecule has 1 rings (SSSR count). The van der Waals surface area contributed by atoms with Gasteiger partial charge in [-0.2, -0.15) is 0 Å². The molecule has 0 aliphatic rings. The fourth-order valence-electron chi connectivity index (χ4n) is 1.45. The fourth-order valence-corrected chi connectivity index (χ4v) is 1.45. The zero-order chi connectivity index (χ0) is 13.0. The zero-order valence-corrected chi connectivity index (χ0v) is 10.5. The Morgan fingerprint density at radius 2 is 2.12 bits per heavy atom. The predicted molar refractivity (Wildman–Crippen MR) is 61.6 cm³/mol. The molecule has 0 aliphatic carbocycles. The Balaban J connectivity index is 2.89. The molecule has 5 heteroatoms. The Morgan fingerprint density at radius 1 is 1.47 bits per heavy atom. The lowest BCUT2D eigenvalue weighted by Crippen LogP contribution is -2.41. The molecule has 1 aromatic rings. The standard InChI is InChI=1S/C12H17NO4/c1-8(2)13(7-11(14)16-4)12(15)10-5-6-17-9(10)3/h5-6,8H,7H2,1-4H3. The molecular weight excluding hydrogens is 222 g/mol. The number of ether oxygens (including phenoxy) is 1. The van der Waals surface area contributed by atoms with Crippen LogP contribution >= 0.6 is 0 Å². The first-order chi connectivity index (χ1) is 7.97. The van der Waals surface area contributed by atoms with E-state index in [2.05, 4.69) is 4.74 Å². The van der Waals surface area contributed by atoms with Crippen molar-refractivity contribution in [2.75, 3.05) is 13.7 Å². The highest BCUT2D eigenvalue weighted by Crippen LogP contribution is 2.14. The number of furan rings is 1. The third kappa shape index (κ3) is 3.09. The summed E-state index contributed by atoms with van der Waals surface area (Å²) in [6.07, 6.45) is 1.46. The smallest absolute Gasteiger partial charge is 0.325 e. The third-order valence-corrected chi connectivity index (χ3v) is 2.50. The number of nitrogens with zero attached hydrogens (tertiary/aromatic N) is 1. The second-order valence-corrected chi connectivity index (χ2v) is 3.99. The molecule has 1 aromatic heterocycles. The first-order valence-electron chi connectivity index (χ1n) is 5.39. The minimum absolute atomic E-state index is 0.0579. The Kier molecular flexibility index (Phi) is 4.31. The predicted octanol–water partition coefficient (Wildman–Crippen LogP) is 1.61. The molecule has 0 saturated carbocycles. The van der Waals surface area contributed by atoms with Gasteiger partial charge in [0, 0.05) is 6.04 Å². The fraction of sp³-hybridized carbons (Fsp3) is 0.500. The van der Waals surface area contributed by atoms with Crippen LogP contribution < -0.4 is 0 Å². The van der Waals surface area contributed by atoms with Crippen LogP contribution in [0.4, 0.5) is 0 Å². The van der Waals surface area contributed by atoms with Crippen LogP contribution in [0, 0.1) is 6.92 Å². The van der Waals surface area contributed by atoms with E-state index < -0.39 is 5.97 Å². The van der Waals surface area contributed by atoms with Crippen molar-refractivity contribution in [3.8, 4) is 0 Å². The summed E-state index contributed by atoms with van der Waals surface area (Å²) < 4.78 is 9.66. The lowest BCUT2D eigenvalue weighted by molar-refractivity contribution is -0.141. The number of hydrogen-bond acceptors (Lipinski definition) is 4. The maximum atomic E-state index is 12.2. The van der Waals surface area contributed by atoms with Crippen LogP contribution in [0.5, 0.6) is 0 Å². The molecule has 0 fully saturated rings. The van der Waals surface area contributed by atoms with Crippen molar-refractivity contribution >= 4 is 11.9 Å². The van der Waals surface area contributed by atoms with E-state index in [0.29, 0.717) is 11.3 Å². The molecule has 0 aliphatic heterocycles. The summed E-state index contributed by atoms with van der Waals surface area (Å²) in [4.78, 5) is 24.9. The molecule has 0 aromatic carbocycles. The van der Waals surface area contributed by atoms with Crippen LogP contribution in [-0.4, -0.2) is 36.5 Å². The summed E-state index contributed by atoms with van der Waals surface area (Å²) in [5.74, 6) is -0.115. The molecule has 0 unspecified atom stereocenters. The van der Waals surface area contributed by atoms with Crippen LogP contribution in [-0.2, 0) is 9.53 Å². The van der Waals surface area contributed by atoms with E-state index in [0.717, 1.165) is 0 Å². The van der Waals surface area contributed by atoms with E-state index in [9.17, 15) is 9.59 Å². The third-order valence-electron chi connectivity index (χ3n) is 2.50. The molecular formula is C12H17NO4. The first-order valence-corrected chi connectivity index (χ1v) is 5.39. The van der Waals surface area contributed by atoms with Crippen molar-refractivity contribution in [1.29, 1.82) is 0 Å². The van der Waals surface area contributed by atoms with Crippen molar-refractivity contribution in [3.63, 3.8) is 0 Å². The topological polar surface area (TPSA) is 59.8 Å². The van der Waals surface area contributed by atoms with E-state index in [4.69, 9.17) is 4.42 Å². The van der Waals surface area contributed by atoms with Crippen molar-refractivity contribution in [3.05, 3.63) is 23.7 Å². The largest absolute Gasteiger partial charge is 0.469 e. The number of methoxy groups -OCH3 is 1. The van der Waals surface area contributed by atoms with Gasteiger partial charge in [0.1, 0.15) is 12.3 Å². The van der Waals surface area contributed by atoms with Gasteiger partial charge in [0.2, 0.25) is 0 Å². The molecule has 0 atom stereocenters. The van der Waals surface area contributed by atoms with E-state index in [1.165, 1.54) is 18.3 Å². The van der Waals surface area contributed by atoms with Gasteiger partial charge in [0.25, 0.3) is 5.91 Å². The number of rotatable bonds is 4. The molecule has 94 valence electrons. The minimum atomic E-state index is -0.437. The van der Waals surface area contributed by atoms with Gasteiger partial charge in [-0.25, -0.2) is 0 Å². The lowest BCUT2D eigenvalue weighted by Gasteiger charge is -2.25. The van der Waals surface area contributed by atoms with Crippen molar-refractivity contribution in [1.82, 2.24) is 4.90 Å². The van der Waals surface area contributed by atoms with Crippen molar-refractivity contribution in [2.24, 2.45) is 0 Å². The molecule has 0 saturated heterocycles. The number of esters is 1. The lowest BCUT2D eigenvalue weighted by atomic mass is 10.2. The van der Waals surface area contributed by atoms with Crippen LogP contribution in [0.2, 0.25) is 0 Å². The highest BCUT2D eigenvalue weighted by atomic mass is 16.5. The van der Waals surface area contributed by atoms with Gasteiger partial charge >= 0.3 is 5.97 Å². The Labute approximate surface area is 100 Å². The molecule has 1 amide bonds. The Morgan fingerprint density at radius 3 is 2.53 bits per heavy atom. The summed E-state index contributed by atoms with van der Waals surface area (Å²) >= 11 is 0. The average molecular weight is 239 g/mol. The van der Waals surface area contributed by atoms with Crippen LogP contribution in [0.15, 0.2) is 16.7 Å². The Hall–Kier alpha value is -1.78. The summed E-state index contributed by atoms with van der Waals surface area (Å²) in [5.41, 5.74) is 0.475. The number of hydrogen-bond donors (Lipinski definition) is 0. The van der Waals surface area contributed by atoms with Gasteiger partial charge in [0.05, 0.1) is 18.9 Å². The van der Waals surface area contributed by atoms with Gasteiger partial charge in [-0.05, 0) is 26.8 Å². The monoisotopic (exact) mass is 239 g/mol. The quantitative estimate of drug-likeness (QED) is 0.749. The summed E-state index contributed by atoms with van der Waals surface area (Å²) in [6.45, 7) is 5.34. The van der Waals surface area contributed by atoms with E-state index in [-0.39, 0.29) is 18.5 Å². The molecule has 0 N–H and O–H groups in total. The van der Waals surface area contributed by atoms with E-state index >= 15 is 0 Å². The molecule has 5 nitrogen and oxygen atoms in total. The zero-order valence-electron chi connectivity index (χ0n) is 10.5. The van der Waals surface area contributed by atoms with Gasteiger partial charge in [-0.1, -0.05) is 0 Å². The van der Waals surface area contributed by atoms with E-state index in [1.807, 2.05) is 13.8 Å². The van der Waals surface area contributed by atoms with Crippen LogP contribution in [0.1, 0.15) is 30.0 Å². The molecule has 0 spiro atoms. The van der Waals surface area contributed by atoms with Crippen molar-refractivity contribution < 1.29 is 18.7 Å². The highest BCUT2D eigenvalue weighted by molar-refractivity contribution is 5.96. The van der Waals surface area contributed by atoms with Crippen molar-refractivity contribution in [2.45, 2.75) is 26.8 Å². The average Bonchev–Trinajstić information content (AvgIpc) is 2.70. The summed E-state index contributed by atoms with van der Waals surface area (Å²) in [6, 6.07) is 1.51. The van der Waals surface area contributed by atoms with Gasteiger partial charge in [-0.3, -0.25) is 9.59 Å². The molecule has 0 radical (unpaired) electrons. The summed E-state index contributed by atoms with van der Waals surface area (Å²) in [7, 11) is 1.30. The van der Waals surface area contributed by atoms with Crippen LogP contribution in [0.3, 0.4) is 0 Å². The number of carbonyl (C=O) groups is 2.